The fourth-order valence-electron chi connectivity index (χ4n) is 7.65. The van der Waals surface area contributed by atoms with E-state index >= 15 is 0 Å². The number of hydrogen-bond donors (Lipinski definition) is 1. The first-order chi connectivity index (χ1) is 32.1. The van der Waals surface area contributed by atoms with E-state index in [1.54, 1.807) is 0 Å². The second kappa shape index (κ2) is 48.7. The molecule has 1 N–H and O–H groups in total. The molecule has 66 heavy (non-hydrogen) atoms. The Kier molecular flexibility index (Phi) is 46.7. The first-order valence-electron chi connectivity index (χ1n) is 27.3. The Morgan fingerprint density at radius 3 is 1.29 bits per heavy atom. The number of rotatable bonds is 50. The molecule has 0 saturated carbocycles. The van der Waals surface area contributed by atoms with Crippen molar-refractivity contribution in [2.24, 2.45) is 0 Å². The van der Waals surface area contributed by atoms with Gasteiger partial charge in [-0.3, -0.25) is 9.59 Å². The third kappa shape index (κ3) is 49.2. The summed E-state index contributed by atoms with van der Waals surface area (Å²) in [6.45, 7) is 4.71. The van der Waals surface area contributed by atoms with Crippen molar-refractivity contribution in [3.8, 4) is 0 Å². The predicted octanol–water partition coefficient (Wildman–Crippen LogP) is 15.5. The van der Waals surface area contributed by atoms with Gasteiger partial charge in [-0.25, -0.2) is 4.79 Å². The van der Waals surface area contributed by atoms with Crippen LogP contribution < -0.4 is 0 Å². The van der Waals surface area contributed by atoms with Crippen molar-refractivity contribution in [1.29, 1.82) is 0 Å². The van der Waals surface area contributed by atoms with Gasteiger partial charge >= 0.3 is 17.9 Å². The van der Waals surface area contributed by atoms with E-state index in [9.17, 15) is 19.5 Å². The molecular weight excluding hydrogens is 827 g/mol. The van der Waals surface area contributed by atoms with E-state index in [1.165, 1.54) is 148 Å². The van der Waals surface area contributed by atoms with E-state index in [4.69, 9.17) is 18.9 Å². The van der Waals surface area contributed by atoms with Crippen LogP contribution in [0.1, 0.15) is 239 Å². The largest absolute Gasteiger partial charge is 0.477 e. The fraction of sp³-hybridized carbons (Fsp3) is 0.807. The molecule has 9 nitrogen and oxygen atoms in total. The summed E-state index contributed by atoms with van der Waals surface area (Å²) in [5, 5.41) is 9.62. The minimum atomic E-state index is -1.50. The standard InChI is InChI=1S/C57H103NO8/c1-6-8-10-12-14-15-16-17-18-19-20-21-22-23-24-25-26-27-28-29-30-31-32-33-34-35-36-37-38-39-40-41-42-44-46-48-55(60)66-53(51-64-54(59)47-45-43-13-11-9-7-2)52-65-57(56(61)62)63-50-49-58(3,4)5/h8,10,14-15,17-18,20-21,53,57H,6-7,9,11-13,16,19,22-52H2,1-5H3/p+1/b10-8-,15-14-,18-17-,21-20-. The van der Waals surface area contributed by atoms with Gasteiger partial charge in [0.2, 0.25) is 0 Å². The summed E-state index contributed by atoms with van der Waals surface area (Å²) in [6, 6.07) is 0. The second-order valence-electron chi connectivity index (χ2n) is 19.5. The summed E-state index contributed by atoms with van der Waals surface area (Å²) in [5.74, 6) is -2.01. The summed E-state index contributed by atoms with van der Waals surface area (Å²) >= 11 is 0. The van der Waals surface area contributed by atoms with Crippen LogP contribution in [-0.4, -0.2) is 87.4 Å². The van der Waals surface area contributed by atoms with E-state index in [0.29, 0.717) is 17.4 Å². The van der Waals surface area contributed by atoms with Crippen molar-refractivity contribution in [3.05, 3.63) is 48.6 Å². The molecule has 0 aliphatic carbocycles. The lowest BCUT2D eigenvalue weighted by atomic mass is 10.0. The zero-order valence-corrected chi connectivity index (χ0v) is 43.6. The number of carboxylic acid groups (broad SMARTS) is 1. The molecular formula is C57H104NO8+. The van der Waals surface area contributed by atoms with Crippen LogP contribution in [0.4, 0.5) is 0 Å². The molecule has 0 saturated heterocycles. The van der Waals surface area contributed by atoms with Crippen molar-refractivity contribution in [2.75, 3.05) is 47.5 Å². The second-order valence-corrected chi connectivity index (χ2v) is 19.5. The van der Waals surface area contributed by atoms with Crippen LogP contribution in [0.3, 0.4) is 0 Å². The quantitative estimate of drug-likeness (QED) is 0.0211. The lowest BCUT2D eigenvalue weighted by Gasteiger charge is -2.25. The van der Waals surface area contributed by atoms with Crippen LogP contribution in [0.2, 0.25) is 0 Å². The number of carboxylic acids is 1. The van der Waals surface area contributed by atoms with Crippen LogP contribution in [0.5, 0.6) is 0 Å². The Morgan fingerprint density at radius 1 is 0.470 bits per heavy atom. The number of carbonyl (C=O) groups excluding carboxylic acids is 2. The van der Waals surface area contributed by atoms with Crippen molar-refractivity contribution >= 4 is 17.9 Å². The molecule has 0 heterocycles. The minimum absolute atomic E-state index is 0.179. The van der Waals surface area contributed by atoms with Gasteiger partial charge in [0.05, 0.1) is 34.4 Å². The number of unbranched alkanes of at least 4 members (excludes halogenated alkanes) is 27. The van der Waals surface area contributed by atoms with Gasteiger partial charge in [-0.2, -0.15) is 0 Å². The van der Waals surface area contributed by atoms with Gasteiger partial charge in [0.15, 0.2) is 6.10 Å². The molecule has 0 spiro atoms. The monoisotopic (exact) mass is 931 g/mol. The highest BCUT2D eigenvalue weighted by molar-refractivity contribution is 5.71. The third-order valence-corrected chi connectivity index (χ3v) is 11.8. The van der Waals surface area contributed by atoms with Crippen LogP contribution in [0, 0.1) is 0 Å². The maximum atomic E-state index is 12.8. The smallest absolute Gasteiger partial charge is 0.361 e. The van der Waals surface area contributed by atoms with Gasteiger partial charge in [-0.05, 0) is 51.4 Å². The van der Waals surface area contributed by atoms with Crippen LogP contribution in [-0.2, 0) is 33.3 Å². The average molecular weight is 931 g/mol. The summed E-state index contributed by atoms with van der Waals surface area (Å²) in [4.78, 5) is 36.9. The molecule has 0 aliphatic heterocycles. The number of allylic oxidation sites excluding steroid dienone is 8. The highest BCUT2D eigenvalue weighted by Crippen LogP contribution is 2.17. The molecule has 2 unspecified atom stereocenters. The number of hydrogen-bond acceptors (Lipinski definition) is 7. The summed E-state index contributed by atoms with van der Waals surface area (Å²) in [5.41, 5.74) is 0. The zero-order valence-electron chi connectivity index (χ0n) is 43.6. The molecule has 2 atom stereocenters. The van der Waals surface area contributed by atoms with Crippen molar-refractivity contribution in [3.63, 3.8) is 0 Å². The third-order valence-electron chi connectivity index (χ3n) is 11.8. The molecule has 0 aliphatic rings. The Hall–Kier alpha value is -2.75. The molecule has 0 fully saturated rings. The number of likely N-dealkylation sites (N-methyl/N-ethyl adjacent to an activating group) is 1. The van der Waals surface area contributed by atoms with Crippen LogP contribution in [0.15, 0.2) is 48.6 Å². The lowest BCUT2D eigenvalue weighted by Crippen LogP contribution is -2.40. The highest BCUT2D eigenvalue weighted by Gasteiger charge is 2.25. The Morgan fingerprint density at radius 2 is 0.864 bits per heavy atom. The van der Waals surface area contributed by atoms with E-state index in [2.05, 4.69) is 62.5 Å². The maximum Gasteiger partial charge on any atom is 0.361 e. The molecule has 0 aromatic rings. The molecule has 0 rings (SSSR count). The average Bonchev–Trinajstić information content (AvgIpc) is 3.28. The maximum absolute atomic E-state index is 12.8. The van der Waals surface area contributed by atoms with Gasteiger partial charge < -0.3 is 28.5 Å². The Balaban J connectivity index is 3.88. The number of quaternary nitrogens is 1. The molecule has 0 aromatic heterocycles. The van der Waals surface area contributed by atoms with Gasteiger partial charge in [-0.1, -0.05) is 223 Å². The minimum Gasteiger partial charge on any atom is -0.477 e. The van der Waals surface area contributed by atoms with Gasteiger partial charge in [0.1, 0.15) is 13.2 Å². The first-order valence-corrected chi connectivity index (χ1v) is 27.3. The SMILES string of the molecule is CC/C=C\C/C=C\C/C=C\C/C=C\CCCCCCCCCCCCCCCCCCCCCCCCC(=O)OC(COC(=O)CCCCCCCC)COC(OCC[N+](C)(C)C)C(=O)O. The summed E-state index contributed by atoms with van der Waals surface area (Å²) < 4.78 is 22.7. The highest BCUT2D eigenvalue weighted by atomic mass is 16.7. The molecule has 0 radical (unpaired) electrons. The first kappa shape index (κ1) is 63.2. The Bertz CT molecular complexity index is 1220. The van der Waals surface area contributed by atoms with Crippen LogP contribution >= 0.6 is 0 Å². The van der Waals surface area contributed by atoms with E-state index < -0.39 is 24.3 Å². The van der Waals surface area contributed by atoms with Gasteiger partial charge in [0.25, 0.3) is 6.29 Å². The molecule has 384 valence electrons. The summed E-state index contributed by atoms with van der Waals surface area (Å²) in [7, 11) is 5.96. The molecule has 0 bridgehead atoms. The normalized spacial score (nSPS) is 13.2. The number of aliphatic carboxylic acids is 1. The molecule has 0 aromatic carbocycles. The van der Waals surface area contributed by atoms with Crippen molar-refractivity contribution in [1.82, 2.24) is 0 Å². The topological polar surface area (TPSA) is 108 Å². The number of carbonyl (C=O) groups is 3. The molecule has 9 heteroatoms. The van der Waals surface area contributed by atoms with E-state index in [1.807, 2.05) is 21.1 Å². The van der Waals surface area contributed by atoms with Crippen LogP contribution in [0.25, 0.3) is 0 Å². The Labute approximate surface area is 406 Å². The van der Waals surface area contributed by atoms with Crippen molar-refractivity contribution < 1.29 is 42.9 Å². The van der Waals surface area contributed by atoms with Crippen molar-refractivity contribution in [2.45, 2.75) is 251 Å². The zero-order chi connectivity index (χ0) is 48.4. The van der Waals surface area contributed by atoms with E-state index in [0.717, 1.165) is 64.2 Å². The van der Waals surface area contributed by atoms with E-state index in [-0.39, 0.29) is 32.2 Å². The number of nitrogens with zero attached hydrogens (tertiary/aromatic N) is 1. The fourth-order valence-corrected chi connectivity index (χ4v) is 7.65. The number of esters is 2. The van der Waals surface area contributed by atoms with Gasteiger partial charge in [0, 0.05) is 12.8 Å². The predicted molar refractivity (Wildman–Crippen MR) is 277 cm³/mol. The van der Waals surface area contributed by atoms with Gasteiger partial charge in [-0.15, -0.1) is 0 Å². The lowest BCUT2D eigenvalue weighted by molar-refractivity contribution is -0.870. The number of ether oxygens (including phenoxy) is 4. The molecule has 0 amide bonds. The summed E-state index contributed by atoms with van der Waals surface area (Å²) in [6.07, 6.45) is 56.8.